The molecule has 0 aliphatic heterocycles. The lowest BCUT2D eigenvalue weighted by atomic mass is 9.65. The van der Waals surface area contributed by atoms with E-state index in [2.05, 4.69) is 0 Å². The van der Waals surface area contributed by atoms with Gasteiger partial charge in [0.15, 0.2) is 0 Å². The number of hydrogen-bond donors (Lipinski definition) is 1. The molecule has 4 nitrogen and oxygen atoms in total. The maximum absolute atomic E-state index is 11.6. The van der Waals surface area contributed by atoms with E-state index in [0.29, 0.717) is 12.8 Å². The molecule has 1 fully saturated rings. The Kier molecular flexibility index (Phi) is 2.81. The second kappa shape index (κ2) is 3.51. The molecule has 86 valence electrons. The van der Waals surface area contributed by atoms with Crippen LogP contribution in [0, 0.1) is 16.7 Å². The smallest absolute Gasteiger partial charge is 0.309 e. The van der Waals surface area contributed by atoms with Crippen molar-refractivity contribution in [1.29, 1.82) is 0 Å². The lowest BCUT2D eigenvalue weighted by molar-refractivity contribution is -0.151. The molecule has 15 heavy (non-hydrogen) atoms. The van der Waals surface area contributed by atoms with Crippen molar-refractivity contribution in [3.63, 3.8) is 0 Å². The Bertz CT molecular complexity index is 298. The highest BCUT2D eigenvalue weighted by Crippen LogP contribution is 2.55. The monoisotopic (exact) mass is 213 g/mol. The van der Waals surface area contributed by atoms with Crippen LogP contribution in [0.5, 0.6) is 0 Å². The first-order valence-corrected chi connectivity index (χ1v) is 5.15. The van der Waals surface area contributed by atoms with E-state index in [1.54, 1.807) is 0 Å². The van der Waals surface area contributed by atoms with Crippen LogP contribution in [0.25, 0.3) is 0 Å². The third kappa shape index (κ3) is 1.52. The van der Waals surface area contributed by atoms with E-state index >= 15 is 0 Å². The van der Waals surface area contributed by atoms with Crippen LogP contribution in [-0.4, -0.2) is 19.0 Å². The Morgan fingerprint density at radius 2 is 1.87 bits per heavy atom. The molecule has 0 aromatic rings. The first kappa shape index (κ1) is 12.0. The SMILES string of the molecule is COC(=O)[C@H]1CC[C@](C)(C(N)=O)C1(C)C. The maximum atomic E-state index is 11.6. The van der Waals surface area contributed by atoms with E-state index in [4.69, 9.17) is 10.5 Å². The Morgan fingerprint density at radius 1 is 1.33 bits per heavy atom. The molecule has 0 saturated heterocycles. The topological polar surface area (TPSA) is 69.4 Å². The summed E-state index contributed by atoms with van der Waals surface area (Å²) in [5.41, 5.74) is 4.36. The van der Waals surface area contributed by atoms with Gasteiger partial charge in [0.05, 0.1) is 18.4 Å². The zero-order valence-electron chi connectivity index (χ0n) is 9.79. The van der Waals surface area contributed by atoms with Crippen LogP contribution >= 0.6 is 0 Å². The normalized spacial score (nSPS) is 33.7. The van der Waals surface area contributed by atoms with E-state index in [1.807, 2.05) is 20.8 Å². The molecule has 1 amide bonds. The molecule has 0 aromatic heterocycles. The number of carbonyl (C=O) groups is 2. The van der Waals surface area contributed by atoms with Crippen molar-refractivity contribution in [3.8, 4) is 0 Å². The van der Waals surface area contributed by atoms with E-state index in [1.165, 1.54) is 7.11 Å². The summed E-state index contributed by atoms with van der Waals surface area (Å²) in [6.07, 6.45) is 1.31. The summed E-state index contributed by atoms with van der Waals surface area (Å²) < 4.78 is 4.75. The molecule has 1 rings (SSSR count). The largest absolute Gasteiger partial charge is 0.469 e. The second-order valence-electron chi connectivity index (χ2n) is 5.03. The Balaban J connectivity index is 3.04. The van der Waals surface area contributed by atoms with Gasteiger partial charge in [0, 0.05) is 0 Å². The molecule has 1 aliphatic carbocycles. The van der Waals surface area contributed by atoms with Crippen LogP contribution in [0.15, 0.2) is 0 Å². The van der Waals surface area contributed by atoms with Gasteiger partial charge in [-0.3, -0.25) is 9.59 Å². The minimum Gasteiger partial charge on any atom is -0.469 e. The van der Waals surface area contributed by atoms with Gasteiger partial charge in [-0.25, -0.2) is 0 Å². The zero-order chi connectivity index (χ0) is 11.9. The van der Waals surface area contributed by atoms with Crippen LogP contribution in [0.1, 0.15) is 33.6 Å². The number of amides is 1. The number of ether oxygens (including phenoxy) is 1. The minimum absolute atomic E-state index is 0.236. The van der Waals surface area contributed by atoms with Gasteiger partial charge in [-0.05, 0) is 18.3 Å². The summed E-state index contributed by atoms with van der Waals surface area (Å²) in [6, 6.07) is 0. The fourth-order valence-electron chi connectivity index (χ4n) is 2.50. The maximum Gasteiger partial charge on any atom is 0.309 e. The summed E-state index contributed by atoms with van der Waals surface area (Å²) >= 11 is 0. The Labute approximate surface area is 90.2 Å². The number of carbonyl (C=O) groups excluding carboxylic acids is 2. The third-order valence-corrected chi connectivity index (χ3v) is 4.26. The van der Waals surface area contributed by atoms with Crippen molar-refractivity contribution in [3.05, 3.63) is 0 Å². The molecule has 2 atom stereocenters. The number of methoxy groups -OCH3 is 1. The van der Waals surface area contributed by atoms with E-state index < -0.39 is 10.8 Å². The molecule has 4 heteroatoms. The van der Waals surface area contributed by atoms with Gasteiger partial charge in [0.25, 0.3) is 0 Å². The number of esters is 1. The molecule has 1 saturated carbocycles. The van der Waals surface area contributed by atoms with Crippen LogP contribution in [0.3, 0.4) is 0 Å². The number of primary amides is 1. The van der Waals surface area contributed by atoms with Crippen LogP contribution in [-0.2, 0) is 14.3 Å². The van der Waals surface area contributed by atoms with Gasteiger partial charge in [-0.2, -0.15) is 0 Å². The van der Waals surface area contributed by atoms with Gasteiger partial charge >= 0.3 is 5.97 Å². The third-order valence-electron chi connectivity index (χ3n) is 4.26. The second-order valence-corrected chi connectivity index (χ2v) is 5.03. The first-order chi connectivity index (χ1) is 6.77. The number of hydrogen-bond acceptors (Lipinski definition) is 3. The van der Waals surface area contributed by atoms with Crippen molar-refractivity contribution < 1.29 is 14.3 Å². The molecule has 0 spiro atoms. The fraction of sp³-hybridized carbons (Fsp3) is 0.818. The summed E-state index contributed by atoms with van der Waals surface area (Å²) in [7, 11) is 1.37. The highest BCUT2D eigenvalue weighted by molar-refractivity contribution is 5.84. The molecule has 0 heterocycles. The van der Waals surface area contributed by atoms with E-state index in [0.717, 1.165) is 0 Å². The average Bonchev–Trinajstić information content (AvgIpc) is 2.39. The Hall–Kier alpha value is -1.06. The number of rotatable bonds is 2. The van der Waals surface area contributed by atoms with Gasteiger partial charge in [0.1, 0.15) is 0 Å². The van der Waals surface area contributed by atoms with Crippen LogP contribution < -0.4 is 5.73 Å². The molecule has 1 aliphatic rings. The van der Waals surface area contributed by atoms with Gasteiger partial charge in [0.2, 0.25) is 5.91 Å². The minimum atomic E-state index is -0.619. The van der Waals surface area contributed by atoms with E-state index in [9.17, 15) is 9.59 Å². The molecule has 0 bridgehead atoms. The predicted octanol–water partition coefficient (Wildman–Crippen LogP) is 1.09. The van der Waals surface area contributed by atoms with E-state index in [-0.39, 0.29) is 17.8 Å². The van der Waals surface area contributed by atoms with Gasteiger partial charge in [-0.15, -0.1) is 0 Å². The van der Waals surface area contributed by atoms with Gasteiger partial charge in [-0.1, -0.05) is 20.8 Å². The van der Waals surface area contributed by atoms with Crippen LogP contribution in [0.2, 0.25) is 0 Å². The summed E-state index contributed by atoms with van der Waals surface area (Å²) in [5, 5.41) is 0. The highest BCUT2D eigenvalue weighted by Gasteiger charge is 2.57. The average molecular weight is 213 g/mol. The van der Waals surface area contributed by atoms with Crippen molar-refractivity contribution in [1.82, 2.24) is 0 Å². The molecular formula is C11H19NO3. The zero-order valence-corrected chi connectivity index (χ0v) is 9.79. The lowest BCUT2D eigenvalue weighted by Gasteiger charge is -2.38. The summed E-state index contributed by atoms with van der Waals surface area (Å²) in [6.45, 7) is 5.65. The first-order valence-electron chi connectivity index (χ1n) is 5.15. The van der Waals surface area contributed by atoms with Crippen molar-refractivity contribution >= 4 is 11.9 Å². The molecule has 0 aromatic carbocycles. The highest BCUT2D eigenvalue weighted by atomic mass is 16.5. The standard InChI is InChI=1S/C11H19NO3/c1-10(2)7(8(13)15-4)5-6-11(10,3)9(12)14/h7H,5-6H2,1-4H3,(H2,12,14)/t7-,11-/m1/s1. The summed E-state index contributed by atoms with van der Waals surface area (Å²) in [4.78, 5) is 23.0. The number of nitrogens with two attached hydrogens (primary N) is 1. The van der Waals surface area contributed by atoms with Crippen LogP contribution in [0.4, 0.5) is 0 Å². The lowest BCUT2D eigenvalue weighted by Crippen LogP contribution is -2.46. The predicted molar refractivity (Wildman–Crippen MR) is 55.8 cm³/mol. The van der Waals surface area contributed by atoms with Crippen molar-refractivity contribution in [2.24, 2.45) is 22.5 Å². The van der Waals surface area contributed by atoms with Gasteiger partial charge < -0.3 is 10.5 Å². The molecule has 0 unspecified atom stereocenters. The van der Waals surface area contributed by atoms with Crippen molar-refractivity contribution in [2.75, 3.05) is 7.11 Å². The molecule has 2 N–H and O–H groups in total. The quantitative estimate of drug-likeness (QED) is 0.698. The molecule has 0 radical (unpaired) electrons. The molecular weight excluding hydrogens is 194 g/mol. The fourth-order valence-corrected chi connectivity index (χ4v) is 2.50. The van der Waals surface area contributed by atoms with Crippen molar-refractivity contribution in [2.45, 2.75) is 33.6 Å². The Morgan fingerprint density at radius 3 is 2.20 bits per heavy atom. The summed E-state index contributed by atoms with van der Waals surface area (Å²) in [5.74, 6) is -0.816.